The number of aromatic amines is 1. The van der Waals surface area contributed by atoms with Crippen LogP contribution in [-0.4, -0.2) is 52.2 Å². The first-order chi connectivity index (χ1) is 12.2. The van der Waals surface area contributed by atoms with Crippen LogP contribution < -0.4 is 10.6 Å². The maximum Gasteiger partial charge on any atom is 0.191 e. The Morgan fingerprint density at radius 2 is 1.92 bits per heavy atom. The lowest BCUT2D eigenvalue weighted by molar-refractivity contribution is 0.380. The van der Waals surface area contributed by atoms with Crippen molar-refractivity contribution in [1.82, 2.24) is 20.1 Å². The SMILES string of the molecule is NC(=NCc1nc(C2CC2)n[nH]1)N1CCN(c2ccc(Cl)cc2)CC1. The highest BCUT2D eigenvalue weighted by atomic mass is 35.5. The van der Waals surface area contributed by atoms with Gasteiger partial charge in [-0.05, 0) is 37.1 Å². The zero-order chi connectivity index (χ0) is 17.2. The van der Waals surface area contributed by atoms with Crippen LogP contribution in [-0.2, 0) is 6.54 Å². The van der Waals surface area contributed by atoms with Gasteiger partial charge in [0.05, 0.1) is 0 Å². The number of anilines is 1. The van der Waals surface area contributed by atoms with Crippen molar-refractivity contribution in [2.75, 3.05) is 31.1 Å². The van der Waals surface area contributed by atoms with Crippen LogP contribution in [0, 0.1) is 0 Å². The molecular weight excluding hydrogens is 338 g/mol. The van der Waals surface area contributed by atoms with Gasteiger partial charge >= 0.3 is 0 Å². The van der Waals surface area contributed by atoms with Gasteiger partial charge in [-0.25, -0.2) is 9.98 Å². The Morgan fingerprint density at radius 3 is 2.60 bits per heavy atom. The van der Waals surface area contributed by atoms with Crippen LogP contribution in [0.4, 0.5) is 5.69 Å². The average Bonchev–Trinajstić information content (AvgIpc) is 3.39. The normalized spacial score (nSPS) is 18.7. The van der Waals surface area contributed by atoms with Crippen molar-refractivity contribution >= 4 is 23.2 Å². The number of nitrogens with zero attached hydrogens (tertiary/aromatic N) is 5. The predicted octanol–water partition coefficient (Wildman–Crippen LogP) is 1.97. The van der Waals surface area contributed by atoms with Crippen molar-refractivity contribution in [1.29, 1.82) is 0 Å². The maximum absolute atomic E-state index is 6.16. The molecule has 7 nitrogen and oxygen atoms in total. The minimum atomic E-state index is 0.447. The van der Waals surface area contributed by atoms with E-state index in [9.17, 15) is 0 Å². The van der Waals surface area contributed by atoms with E-state index in [2.05, 4.69) is 42.1 Å². The number of guanidine groups is 1. The lowest BCUT2D eigenvalue weighted by Crippen LogP contribution is -2.51. The number of nitrogens with two attached hydrogens (primary N) is 1. The molecule has 1 aliphatic heterocycles. The van der Waals surface area contributed by atoms with Gasteiger partial charge in [-0.3, -0.25) is 5.10 Å². The molecule has 1 saturated carbocycles. The highest BCUT2D eigenvalue weighted by molar-refractivity contribution is 6.30. The van der Waals surface area contributed by atoms with E-state index in [1.54, 1.807) is 0 Å². The molecule has 2 aromatic rings. The van der Waals surface area contributed by atoms with Gasteiger partial charge in [0, 0.05) is 42.8 Å². The average molecular weight is 360 g/mol. The van der Waals surface area contributed by atoms with Crippen molar-refractivity contribution in [3.8, 4) is 0 Å². The summed E-state index contributed by atoms with van der Waals surface area (Å²) in [6, 6.07) is 7.95. The summed E-state index contributed by atoms with van der Waals surface area (Å²) in [4.78, 5) is 13.4. The quantitative estimate of drug-likeness (QED) is 0.643. The molecule has 132 valence electrons. The number of aliphatic imine (C=N–C) groups is 1. The zero-order valence-corrected chi connectivity index (χ0v) is 14.8. The minimum Gasteiger partial charge on any atom is -0.370 e. The third-order valence-electron chi connectivity index (χ3n) is 4.68. The van der Waals surface area contributed by atoms with Crippen LogP contribution in [0.5, 0.6) is 0 Å². The van der Waals surface area contributed by atoms with Gasteiger partial charge in [-0.1, -0.05) is 11.6 Å². The summed E-state index contributed by atoms with van der Waals surface area (Å²) < 4.78 is 0. The lowest BCUT2D eigenvalue weighted by Gasteiger charge is -2.36. The molecule has 2 fully saturated rings. The first-order valence-corrected chi connectivity index (χ1v) is 9.03. The van der Waals surface area contributed by atoms with E-state index in [0.29, 0.717) is 18.4 Å². The molecule has 8 heteroatoms. The van der Waals surface area contributed by atoms with Gasteiger partial charge in [0.15, 0.2) is 11.8 Å². The lowest BCUT2D eigenvalue weighted by atomic mass is 10.2. The number of H-pyrrole nitrogens is 1. The van der Waals surface area contributed by atoms with Crippen molar-refractivity contribution in [2.24, 2.45) is 10.7 Å². The molecule has 0 amide bonds. The number of hydrogen-bond acceptors (Lipinski definition) is 4. The van der Waals surface area contributed by atoms with Gasteiger partial charge in [0.25, 0.3) is 0 Å². The number of piperazine rings is 1. The van der Waals surface area contributed by atoms with E-state index in [0.717, 1.165) is 42.9 Å². The second-order valence-corrected chi connectivity index (χ2v) is 6.98. The smallest absolute Gasteiger partial charge is 0.191 e. The Hall–Kier alpha value is -2.28. The predicted molar refractivity (Wildman–Crippen MR) is 98.9 cm³/mol. The molecule has 0 atom stereocenters. The first kappa shape index (κ1) is 16.2. The van der Waals surface area contributed by atoms with Crippen LogP contribution in [0.25, 0.3) is 0 Å². The summed E-state index contributed by atoms with van der Waals surface area (Å²) in [7, 11) is 0. The summed E-state index contributed by atoms with van der Waals surface area (Å²) in [5.74, 6) is 2.82. The number of rotatable bonds is 4. The van der Waals surface area contributed by atoms with Gasteiger partial charge in [0.2, 0.25) is 0 Å². The molecule has 1 aliphatic carbocycles. The molecule has 1 aromatic heterocycles. The molecule has 1 aromatic carbocycles. The largest absolute Gasteiger partial charge is 0.370 e. The van der Waals surface area contributed by atoms with Crippen LogP contribution >= 0.6 is 11.6 Å². The summed E-state index contributed by atoms with van der Waals surface area (Å²) in [6.45, 7) is 3.96. The van der Waals surface area contributed by atoms with E-state index in [1.807, 2.05) is 12.1 Å². The van der Waals surface area contributed by atoms with E-state index in [-0.39, 0.29) is 0 Å². The van der Waals surface area contributed by atoms with Crippen molar-refractivity contribution < 1.29 is 0 Å². The van der Waals surface area contributed by atoms with Gasteiger partial charge in [0.1, 0.15) is 12.4 Å². The molecule has 1 saturated heterocycles. The Bertz CT molecular complexity index is 743. The number of halogens is 1. The number of aromatic nitrogens is 3. The molecular formula is C17H22ClN7. The van der Waals surface area contributed by atoms with Crippen molar-refractivity contribution in [3.05, 3.63) is 40.9 Å². The van der Waals surface area contributed by atoms with E-state index in [1.165, 1.54) is 18.5 Å². The fourth-order valence-electron chi connectivity index (χ4n) is 3.01. The third kappa shape index (κ3) is 3.87. The number of hydrogen-bond donors (Lipinski definition) is 2. The summed E-state index contributed by atoms with van der Waals surface area (Å²) >= 11 is 5.95. The topological polar surface area (TPSA) is 86.4 Å². The summed E-state index contributed by atoms with van der Waals surface area (Å²) in [5.41, 5.74) is 7.35. The van der Waals surface area contributed by atoms with E-state index in [4.69, 9.17) is 17.3 Å². The second kappa shape index (κ2) is 6.92. The number of nitrogens with one attached hydrogen (secondary N) is 1. The minimum absolute atomic E-state index is 0.447. The molecule has 2 heterocycles. The third-order valence-corrected chi connectivity index (χ3v) is 4.93. The molecule has 0 unspecified atom stereocenters. The Labute approximate surface area is 151 Å². The standard InChI is InChI=1S/C17H22ClN7/c18-13-3-5-14(6-4-13)24-7-9-25(10-8-24)17(19)20-11-15-21-16(23-22-15)12-1-2-12/h3-6,12H,1-2,7-11H2,(H2,19,20)(H,21,22,23). The van der Waals surface area contributed by atoms with Gasteiger partial charge in [-0.2, -0.15) is 5.10 Å². The Morgan fingerprint density at radius 1 is 1.20 bits per heavy atom. The molecule has 0 radical (unpaired) electrons. The fourth-order valence-corrected chi connectivity index (χ4v) is 3.13. The van der Waals surface area contributed by atoms with Crippen LogP contribution in [0.3, 0.4) is 0 Å². The maximum atomic E-state index is 6.16. The molecule has 0 spiro atoms. The van der Waals surface area contributed by atoms with E-state index >= 15 is 0 Å². The molecule has 3 N–H and O–H groups in total. The van der Waals surface area contributed by atoms with Crippen molar-refractivity contribution in [2.45, 2.75) is 25.3 Å². The molecule has 4 rings (SSSR count). The van der Waals surface area contributed by atoms with Crippen molar-refractivity contribution in [3.63, 3.8) is 0 Å². The van der Waals surface area contributed by atoms with Gasteiger partial charge in [-0.15, -0.1) is 0 Å². The Balaban J connectivity index is 1.30. The highest BCUT2D eigenvalue weighted by Gasteiger charge is 2.27. The monoisotopic (exact) mass is 359 g/mol. The highest BCUT2D eigenvalue weighted by Crippen LogP contribution is 2.37. The molecule has 2 aliphatic rings. The molecule has 25 heavy (non-hydrogen) atoms. The fraction of sp³-hybridized carbons (Fsp3) is 0.471. The number of benzene rings is 1. The summed E-state index contributed by atoms with van der Waals surface area (Å²) in [6.07, 6.45) is 2.39. The Kier molecular flexibility index (Phi) is 4.48. The molecule has 0 bridgehead atoms. The van der Waals surface area contributed by atoms with Crippen LogP contribution in [0.2, 0.25) is 5.02 Å². The van der Waals surface area contributed by atoms with Crippen LogP contribution in [0.1, 0.15) is 30.4 Å². The van der Waals surface area contributed by atoms with E-state index < -0.39 is 0 Å². The first-order valence-electron chi connectivity index (χ1n) is 8.65. The second-order valence-electron chi connectivity index (χ2n) is 6.54. The van der Waals surface area contributed by atoms with Crippen LogP contribution in [0.15, 0.2) is 29.3 Å². The zero-order valence-electron chi connectivity index (χ0n) is 14.0. The van der Waals surface area contributed by atoms with Gasteiger partial charge < -0.3 is 15.5 Å². The summed E-state index contributed by atoms with van der Waals surface area (Å²) in [5, 5.41) is 7.96.